The van der Waals surface area contributed by atoms with Crippen LogP contribution in [0.5, 0.6) is 0 Å². The largest absolute Gasteiger partial charge is 0.356 e. The molecule has 2 aromatic rings. The zero-order valence-corrected chi connectivity index (χ0v) is 9.99. The molecule has 1 fully saturated rings. The minimum absolute atomic E-state index is 0.673. The summed E-state index contributed by atoms with van der Waals surface area (Å²) in [6, 6.07) is 4.53. The van der Waals surface area contributed by atoms with Crippen molar-refractivity contribution >= 4 is 11.0 Å². The second-order valence-corrected chi connectivity index (χ2v) is 5.48. The fraction of sp³-hybridized carbons (Fsp3) is 0.500. The summed E-state index contributed by atoms with van der Waals surface area (Å²) in [5, 5.41) is 8.79. The van der Waals surface area contributed by atoms with Crippen molar-refractivity contribution < 1.29 is 4.52 Å². The first-order chi connectivity index (χ1) is 8.31. The molecule has 88 valence electrons. The van der Waals surface area contributed by atoms with E-state index in [4.69, 9.17) is 4.52 Å². The first-order valence-electron chi connectivity index (χ1n) is 6.41. The molecule has 3 heteroatoms. The van der Waals surface area contributed by atoms with Gasteiger partial charge in [0.2, 0.25) is 0 Å². The summed E-state index contributed by atoms with van der Waals surface area (Å²) in [6.45, 7) is 4.31. The standard InChI is InChI=1S/C14H16N2O/c1-8-12-4-10-2-9-3-11(7-15-6-9)13(10)5-14(12)17-16-8/h4-5,9,11,15H,2-3,6-7H2,1H3. The van der Waals surface area contributed by atoms with Gasteiger partial charge in [-0.25, -0.2) is 0 Å². The van der Waals surface area contributed by atoms with Crippen molar-refractivity contribution in [2.75, 3.05) is 13.1 Å². The Morgan fingerprint density at radius 3 is 3.24 bits per heavy atom. The third-order valence-corrected chi connectivity index (χ3v) is 4.30. The van der Waals surface area contributed by atoms with Gasteiger partial charge in [0, 0.05) is 11.9 Å². The van der Waals surface area contributed by atoms with Gasteiger partial charge < -0.3 is 9.84 Å². The Labute approximate surface area is 100 Å². The lowest BCUT2D eigenvalue weighted by Crippen LogP contribution is -2.39. The predicted molar refractivity (Wildman–Crippen MR) is 66.2 cm³/mol. The van der Waals surface area contributed by atoms with Gasteiger partial charge in [-0.2, -0.15) is 0 Å². The molecular formula is C14H16N2O. The fourth-order valence-electron chi connectivity index (χ4n) is 3.46. The van der Waals surface area contributed by atoms with E-state index >= 15 is 0 Å². The molecule has 2 unspecified atom stereocenters. The maximum Gasteiger partial charge on any atom is 0.167 e. The van der Waals surface area contributed by atoms with Crippen LogP contribution in [0.4, 0.5) is 0 Å². The molecule has 2 aliphatic rings. The normalized spacial score (nSPS) is 27.1. The lowest BCUT2D eigenvalue weighted by Gasteiger charge is -2.36. The number of aryl methyl sites for hydroxylation is 1. The van der Waals surface area contributed by atoms with Gasteiger partial charge in [0.1, 0.15) is 0 Å². The van der Waals surface area contributed by atoms with Gasteiger partial charge in [-0.15, -0.1) is 0 Å². The molecule has 2 bridgehead atoms. The Hall–Kier alpha value is -1.35. The van der Waals surface area contributed by atoms with Crippen molar-refractivity contribution in [3.05, 3.63) is 29.0 Å². The lowest BCUT2D eigenvalue weighted by atomic mass is 9.74. The molecule has 0 saturated carbocycles. The molecule has 1 aliphatic heterocycles. The smallest absolute Gasteiger partial charge is 0.167 e. The number of benzene rings is 1. The SMILES string of the molecule is Cc1noc2cc3c(cc12)CC1CNCC3C1. The van der Waals surface area contributed by atoms with E-state index in [1.807, 2.05) is 6.92 Å². The average Bonchev–Trinajstić information content (AvgIpc) is 2.70. The van der Waals surface area contributed by atoms with Crippen LogP contribution in [0.2, 0.25) is 0 Å². The van der Waals surface area contributed by atoms with Crippen molar-refractivity contribution in [1.29, 1.82) is 0 Å². The monoisotopic (exact) mass is 228 g/mol. The predicted octanol–water partition coefficient (Wildman–Crippen LogP) is 2.39. The van der Waals surface area contributed by atoms with Crippen LogP contribution in [0.3, 0.4) is 0 Å². The maximum atomic E-state index is 5.38. The topological polar surface area (TPSA) is 38.1 Å². The highest BCUT2D eigenvalue weighted by Crippen LogP contribution is 2.39. The van der Waals surface area contributed by atoms with E-state index in [2.05, 4.69) is 22.6 Å². The number of hydrogen-bond donors (Lipinski definition) is 1. The molecule has 1 saturated heterocycles. The lowest BCUT2D eigenvalue weighted by molar-refractivity contribution is 0.318. The number of nitrogens with one attached hydrogen (secondary N) is 1. The number of hydrogen-bond acceptors (Lipinski definition) is 3. The molecule has 1 aromatic carbocycles. The van der Waals surface area contributed by atoms with Crippen LogP contribution < -0.4 is 5.32 Å². The summed E-state index contributed by atoms with van der Waals surface area (Å²) in [7, 11) is 0. The molecule has 4 rings (SSSR count). The first-order valence-corrected chi connectivity index (χ1v) is 6.41. The molecule has 2 atom stereocenters. The van der Waals surface area contributed by atoms with Crippen LogP contribution in [0, 0.1) is 12.8 Å². The highest BCUT2D eigenvalue weighted by atomic mass is 16.5. The Morgan fingerprint density at radius 1 is 1.35 bits per heavy atom. The van der Waals surface area contributed by atoms with E-state index in [1.165, 1.54) is 35.9 Å². The number of rotatable bonds is 0. The van der Waals surface area contributed by atoms with Crippen LogP contribution in [0.1, 0.15) is 29.2 Å². The highest BCUT2D eigenvalue weighted by molar-refractivity contribution is 5.81. The van der Waals surface area contributed by atoms with Gasteiger partial charge in [-0.05, 0) is 61.4 Å². The molecular weight excluding hydrogens is 212 g/mol. The molecule has 1 aromatic heterocycles. The zero-order valence-electron chi connectivity index (χ0n) is 9.99. The van der Waals surface area contributed by atoms with E-state index in [0.29, 0.717) is 5.92 Å². The summed E-state index contributed by atoms with van der Waals surface area (Å²) in [5.74, 6) is 1.49. The van der Waals surface area contributed by atoms with E-state index in [-0.39, 0.29) is 0 Å². The molecule has 1 N–H and O–H groups in total. The van der Waals surface area contributed by atoms with Crippen molar-refractivity contribution in [3.63, 3.8) is 0 Å². The van der Waals surface area contributed by atoms with Gasteiger partial charge in [-0.3, -0.25) is 0 Å². The third-order valence-electron chi connectivity index (χ3n) is 4.30. The minimum atomic E-state index is 0.673. The van der Waals surface area contributed by atoms with E-state index in [0.717, 1.165) is 23.7 Å². The Balaban J connectivity index is 1.94. The number of fused-ring (bicyclic) bond motifs is 5. The average molecular weight is 228 g/mol. The molecule has 0 radical (unpaired) electrons. The van der Waals surface area contributed by atoms with Crippen LogP contribution in [-0.2, 0) is 6.42 Å². The molecule has 0 spiro atoms. The summed E-state index contributed by atoms with van der Waals surface area (Å²) >= 11 is 0. The van der Waals surface area contributed by atoms with E-state index in [1.54, 1.807) is 0 Å². The van der Waals surface area contributed by atoms with Crippen molar-refractivity contribution in [2.45, 2.75) is 25.7 Å². The second-order valence-electron chi connectivity index (χ2n) is 5.48. The van der Waals surface area contributed by atoms with Crippen LogP contribution in [-0.4, -0.2) is 18.2 Å². The summed E-state index contributed by atoms with van der Waals surface area (Å²) in [4.78, 5) is 0. The highest BCUT2D eigenvalue weighted by Gasteiger charge is 2.30. The molecule has 17 heavy (non-hydrogen) atoms. The molecule has 0 amide bonds. The third kappa shape index (κ3) is 1.35. The van der Waals surface area contributed by atoms with Crippen LogP contribution in [0.25, 0.3) is 11.0 Å². The van der Waals surface area contributed by atoms with Crippen LogP contribution >= 0.6 is 0 Å². The van der Waals surface area contributed by atoms with Gasteiger partial charge in [0.15, 0.2) is 5.58 Å². The van der Waals surface area contributed by atoms with E-state index < -0.39 is 0 Å². The Morgan fingerprint density at radius 2 is 2.29 bits per heavy atom. The Kier molecular flexibility index (Phi) is 1.89. The molecule has 3 nitrogen and oxygen atoms in total. The fourth-order valence-corrected chi connectivity index (χ4v) is 3.46. The van der Waals surface area contributed by atoms with Crippen molar-refractivity contribution in [2.24, 2.45) is 5.92 Å². The number of aromatic nitrogens is 1. The second kappa shape index (κ2) is 3.33. The summed E-state index contributed by atoms with van der Waals surface area (Å²) in [6.07, 6.45) is 2.54. The number of piperidine rings is 1. The maximum absolute atomic E-state index is 5.38. The van der Waals surface area contributed by atoms with Gasteiger partial charge in [0.05, 0.1) is 5.69 Å². The van der Waals surface area contributed by atoms with Gasteiger partial charge in [0.25, 0.3) is 0 Å². The van der Waals surface area contributed by atoms with Crippen LogP contribution in [0.15, 0.2) is 16.7 Å². The summed E-state index contributed by atoms with van der Waals surface area (Å²) < 4.78 is 5.38. The quantitative estimate of drug-likeness (QED) is 0.752. The number of nitrogens with zero attached hydrogens (tertiary/aromatic N) is 1. The Bertz CT molecular complexity index is 587. The van der Waals surface area contributed by atoms with Crippen molar-refractivity contribution in [1.82, 2.24) is 10.5 Å². The van der Waals surface area contributed by atoms with E-state index in [9.17, 15) is 0 Å². The first kappa shape index (κ1) is 9.66. The molecule has 2 heterocycles. The van der Waals surface area contributed by atoms with Gasteiger partial charge >= 0.3 is 0 Å². The zero-order chi connectivity index (χ0) is 11.4. The minimum Gasteiger partial charge on any atom is -0.356 e. The van der Waals surface area contributed by atoms with Gasteiger partial charge in [-0.1, -0.05) is 5.16 Å². The summed E-state index contributed by atoms with van der Waals surface area (Å²) in [5.41, 5.74) is 4.96. The van der Waals surface area contributed by atoms with Crippen molar-refractivity contribution in [3.8, 4) is 0 Å². The molecule has 1 aliphatic carbocycles.